The summed E-state index contributed by atoms with van der Waals surface area (Å²) in [6.45, 7) is 8.94. The average molecular weight is 546 g/mol. The molecule has 1 aromatic heterocycles. The largest absolute Gasteiger partial charge is 0.469 e. The molecule has 0 aliphatic carbocycles. The molecule has 0 unspecified atom stereocenters. The van der Waals surface area contributed by atoms with E-state index in [1.54, 1.807) is 10.8 Å². The van der Waals surface area contributed by atoms with Crippen LogP contribution >= 0.6 is 0 Å². The van der Waals surface area contributed by atoms with E-state index < -0.39 is 18.1 Å². The van der Waals surface area contributed by atoms with Crippen LogP contribution in [0, 0.1) is 19.8 Å². The van der Waals surface area contributed by atoms with E-state index in [2.05, 4.69) is 31.3 Å². The summed E-state index contributed by atoms with van der Waals surface area (Å²) in [7, 11) is 5.27. The summed E-state index contributed by atoms with van der Waals surface area (Å²) < 4.78 is 6.52. The van der Waals surface area contributed by atoms with Crippen molar-refractivity contribution in [2.75, 3.05) is 27.7 Å². The molecular weight excluding hydrogens is 502 g/mol. The van der Waals surface area contributed by atoms with Crippen molar-refractivity contribution >= 4 is 11.9 Å². The van der Waals surface area contributed by atoms with E-state index in [9.17, 15) is 14.4 Å². The minimum Gasteiger partial charge on any atom is -0.469 e. The van der Waals surface area contributed by atoms with Gasteiger partial charge >= 0.3 is 5.97 Å². The zero-order valence-corrected chi connectivity index (χ0v) is 24.9. The van der Waals surface area contributed by atoms with Gasteiger partial charge in [0.2, 0.25) is 5.91 Å². The first-order chi connectivity index (χ1) is 19.0. The third-order valence-electron chi connectivity index (χ3n) is 7.19. The monoisotopic (exact) mass is 545 g/mol. The summed E-state index contributed by atoms with van der Waals surface area (Å²) >= 11 is 0. The summed E-state index contributed by atoms with van der Waals surface area (Å²) in [5.41, 5.74) is 5.76. The van der Waals surface area contributed by atoms with Gasteiger partial charge in [0.25, 0.3) is 5.56 Å². The first-order valence-electron chi connectivity index (χ1n) is 13.9. The van der Waals surface area contributed by atoms with Crippen LogP contribution < -0.4 is 10.9 Å². The fraction of sp³-hybridized carbons (Fsp3) is 0.424. The van der Waals surface area contributed by atoms with E-state index in [0.29, 0.717) is 18.4 Å². The molecule has 40 heavy (non-hydrogen) atoms. The van der Waals surface area contributed by atoms with Gasteiger partial charge in [-0.05, 0) is 86.7 Å². The average Bonchev–Trinajstić information content (AvgIpc) is 2.90. The predicted octanol–water partition coefficient (Wildman–Crippen LogP) is 5.24. The molecule has 7 heteroatoms. The van der Waals surface area contributed by atoms with Crippen molar-refractivity contribution < 1.29 is 14.3 Å². The Morgan fingerprint density at radius 3 is 2.30 bits per heavy atom. The maximum Gasteiger partial charge on any atom is 0.307 e. The van der Waals surface area contributed by atoms with Gasteiger partial charge in [-0.1, -0.05) is 56.3 Å². The summed E-state index contributed by atoms with van der Waals surface area (Å²) in [6, 6.07) is 16.4. The lowest BCUT2D eigenvalue weighted by molar-refractivity contribution is -0.141. The normalized spacial score (nSPS) is 12.8. The second-order valence-corrected chi connectivity index (χ2v) is 11.2. The van der Waals surface area contributed by atoms with Crippen LogP contribution in [-0.2, 0) is 20.7 Å². The number of rotatable bonds is 12. The van der Waals surface area contributed by atoms with Crippen LogP contribution in [0.2, 0.25) is 0 Å². The number of benzene rings is 2. The number of methoxy groups -OCH3 is 1. The number of likely N-dealkylation sites (N-methyl/N-ethyl adjacent to an activating group) is 1. The lowest BCUT2D eigenvalue weighted by Gasteiger charge is -2.26. The van der Waals surface area contributed by atoms with Gasteiger partial charge in [-0.25, -0.2) is 0 Å². The van der Waals surface area contributed by atoms with E-state index >= 15 is 0 Å². The molecule has 3 aromatic rings. The molecule has 0 fully saturated rings. The van der Waals surface area contributed by atoms with Crippen molar-refractivity contribution in [3.63, 3.8) is 0 Å². The maximum atomic E-state index is 13.9. The third kappa shape index (κ3) is 7.92. The second-order valence-electron chi connectivity index (χ2n) is 11.2. The number of pyridine rings is 1. The van der Waals surface area contributed by atoms with Crippen molar-refractivity contribution in [1.82, 2.24) is 14.8 Å². The van der Waals surface area contributed by atoms with E-state index in [1.165, 1.54) is 7.11 Å². The Balaban J connectivity index is 1.99. The smallest absolute Gasteiger partial charge is 0.307 e. The molecule has 2 aromatic carbocycles. The van der Waals surface area contributed by atoms with Gasteiger partial charge < -0.3 is 19.5 Å². The number of aryl methyl sites for hydroxylation is 2. The van der Waals surface area contributed by atoms with Gasteiger partial charge in [-0.15, -0.1) is 0 Å². The molecular formula is C33H43N3O4. The standard InChI is InChI=1S/C33H43N3O4/c1-22(2)19-29(36-17-10-15-25(33(36)39)16-18-35(5)6)32(38)34-28(21-30(37)40-7)26-13-9-14-27(20-26)31-23(3)11-8-12-24(31)4/h8-15,17,20,22,28-29H,16,18-19,21H2,1-7H3,(H,34,38)/t28-,29-/m0/s1. The number of carbonyl (C=O) groups excluding carboxylic acids is 2. The molecule has 1 heterocycles. The highest BCUT2D eigenvalue weighted by molar-refractivity contribution is 5.82. The molecule has 1 amide bonds. The van der Waals surface area contributed by atoms with E-state index in [4.69, 9.17) is 4.74 Å². The van der Waals surface area contributed by atoms with E-state index in [0.717, 1.165) is 34.4 Å². The zero-order chi connectivity index (χ0) is 29.4. The fourth-order valence-electron chi connectivity index (χ4n) is 5.08. The summed E-state index contributed by atoms with van der Waals surface area (Å²) in [5, 5.41) is 3.10. The number of carbonyl (C=O) groups is 2. The SMILES string of the molecule is COC(=O)C[C@H](NC(=O)[C@H](CC(C)C)n1cccc(CCN(C)C)c1=O)c1cccc(-c2c(C)cccc2C)c1. The molecule has 7 nitrogen and oxygen atoms in total. The van der Waals surface area contributed by atoms with Crippen molar-refractivity contribution in [3.8, 4) is 11.1 Å². The molecule has 0 aliphatic rings. The molecule has 0 radical (unpaired) electrons. The number of amides is 1. The Morgan fingerprint density at radius 2 is 1.68 bits per heavy atom. The molecule has 0 saturated heterocycles. The van der Waals surface area contributed by atoms with Gasteiger partial charge in [-0.2, -0.15) is 0 Å². The molecule has 0 saturated carbocycles. The third-order valence-corrected chi connectivity index (χ3v) is 7.19. The van der Waals surface area contributed by atoms with Gasteiger partial charge in [0.15, 0.2) is 0 Å². The van der Waals surface area contributed by atoms with E-state index in [1.807, 2.05) is 75.3 Å². The molecule has 2 atom stereocenters. The first kappa shape index (κ1) is 30.8. The van der Waals surface area contributed by atoms with Gasteiger partial charge in [0.05, 0.1) is 19.6 Å². The molecule has 214 valence electrons. The maximum absolute atomic E-state index is 13.9. The molecule has 0 spiro atoms. The van der Waals surface area contributed by atoms with Crippen molar-refractivity contribution in [2.24, 2.45) is 5.92 Å². The minimum atomic E-state index is -0.714. The molecule has 1 N–H and O–H groups in total. The Hall–Kier alpha value is -3.71. The number of hydrogen-bond donors (Lipinski definition) is 1. The summed E-state index contributed by atoms with van der Waals surface area (Å²) in [4.78, 5) is 41.8. The van der Waals surface area contributed by atoms with Crippen LogP contribution in [0.25, 0.3) is 11.1 Å². The number of nitrogens with one attached hydrogen (secondary N) is 1. The van der Waals surface area contributed by atoms with Crippen LogP contribution in [0.1, 0.15) is 61.0 Å². The van der Waals surface area contributed by atoms with Crippen molar-refractivity contribution in [3.05, 3.63) is 93.4 Å². The zero-order valence-electron chi connectivity index (χ0n) is 24.9. The lowest BCUT2D eigenvalue weighted by Crippen LogP contribution is -2.41. The summed E-state index contributed by atoms with van der Waals surface area (Å²) in [6.07, 6.45) is 2.74. The Labute approximate surface area is 238 Å². The number of hydrogen-bond acceptors (Lipinski definition) is 5. The highest BCUT2D eigenvalue weighted by Gasteiger charge is 2.28. The van der Waals surface area contributed by atoms with Crippen LogP contribution in [0.4, 0.5) is 0 Å². The number of nitrogens with zero attached hydrogens (tertiary/aromatic N) is 2. The van der Waals surface area contributed by atoms with Crippen LogP contribution in [0.15, 0.2) is 65.6 Å². The number of ether oxygens (including phenoxy) is 1. The highest BCUT2D eigenvalue weighted by Crippen LogP contribution is 2.30. The van der Waals surface area contributed by atoms with Crippen molar-refractivity contribution in [1.29, 1.82) is 0 Å². The van der Waals surface area contributed by atoms with Crippen LogP contribution in [-0.4, -0.2) is 49.1 Å². The Kier molecular flexibility index (Phi) is 10.8. The lowest BCUT2D eigenvalue weighted by atomic mass is 9.92. The summed E-state index contributed by atoms with van der Waals surface area (Å²) in [5.74, 6) is -0.558. The highest BCUT2D eigenvalue weighted by atomic mass is 16.5. The fourth-order valence-corrected chi connectivity index (χ4v) is 5.08. The number of esters is 1. The van der Waals surface area contributed by atoms with Gasteiger partial charge in [-0.3, -0.25) is 14.4 Å². The van der Waals surface area contributed by atoms with Gasteiger partial charge in [0, 0.05) is 18.3 Å². The van der Waals surface area contributed by atoms with Crippen LogP contribution in [0.3, 0.4) is 0 Å². The number of aromatic nitrogens is 1. The predicted molar refractivity (Wildman–Crippen MR) is 160 cm³/mol. The quantitative estimate of drug-likeness (QED) is 0.315. The second kappa shape index (κ2) is 14.1. The van der Waals surface area contributed by atoms with E-state index in [-0.39, 0.29) is 23.8 Å². The Morgan fingerprint density at radius 1 is 1.00 bits per heavy atom. The molecule has 0 aliphatic heterocycles. The first-order valence-corrected chi connectivity index (χ1v) is 13.9. The van der Waals surface area contributed by atoms with Crippen LogP contribution in [0.5, 0.6) is 0 Å². The van der Waals surface area contributed by atoms with Gasteiger partial charge in [0.1, 0.15) is 6.04 Å². The molecule has 3 rings (SSSR count). The minimum absolute atomic E-state index is 0.0232. The topological polar surface area (TPSA) is 80.6 Å². The Bertz CT molecular complexity index is 1360. The van der Waals surface area contributed by atoms with Crippen molar-refractivity contribution in [2.45, 2.75) is 59.0 Å². The molecule has 0 bridgehead atoms.